The van der Waals surface area contributed by atoms with Gasteiger partial charge in [-0.1, -0.05) is 0 Å². The van der Waals surface area contributed by atoms with Gasteiger partial charge in [0.15, 0.2) is 0 Å². The first-order valence-electron chi connectivity index (χ1n) is 6.50. The van der Waals surface area contributed by atoms with Crippen LogP contribution in [-0.4, -0.2) is 54.6 Å². The number of hydrogen-bond acceptors (Lipinski definition) is 5. The first-order valence-corrected chi connectivity index (χ1v) is 6.50. The Bertz CT molecular complexity index is 588. The van der Waals surface area contributed by atoms with E-state index in [0.29, 0.717) is 25.3 Å². The van der Waals surface area contributed by atoms with Crippen LogP contribution in [0.3, 0.4) is 0 Å². The van der Waals surface area contributed by atoms with E-state index in [1.54, 1.807) is 4.90 Å². The van der Waals surface area contributed by atoms with Crippen molar-refractivity contribution in [3.8, 4) is 0 Å². The fourth-order valence-electron chi connectivity index (χ4n) is 2.13. The minimum Gasteiger partial charge on any atom is -0.478 e. The highest BCUT2D eigenvalue weighted by atomic mass is 16.4. The normalized spacial score (nSPS) is 15.1. The van der Waals surface area contributed by atoms with Crippen LogP contribution >= 0.6 is 0 Å². The Kier molecular flexibility index (Phi) is 4.36. The Labute approximate surface area is 121 Å². The SMILES string of the molecule is CNC(=O)c1cc(N2CCNC(=O)CC2)c(C(=O)O)cn1. The lowest BCUT2D eigenvalue weighted by Gasteiger charge is -2.23. The maximum absolute atomic E-state index is 11.6. The molecule has 1 saturated heterocycles. The molecule has 2 amide bonds. The Morgan fingerprint density at radius 2 is 2.19 bits per heavy atom. The summed E-state index contributed by atoms with van der Waals surface area (Å²) in [4.78, 5) is 40.0. The summed E-state index contributed by atoms with van der Waals surface area (Å²) < 4.78 is 0. The number of carboxylic acids is 1. The molecule has 1 aromatic heterocycles. The van der Waals surface area contributed by atoms with Gasteiger partial charge in [0.1, 0.15) is 11.3 Å². The van der Waals surface area contributed by atoms with Crippen LogP contribution in [0.25, 0.3) is 0 Å². The summed E-state index contributed by atoms with van der Waals surface area (Å²) in [5, 5.41) is 14.4. The van der Waals surface area contributed by atoms with E-state index >= 15 is 0 Å². The van der Waals surface area contributed by atoms with Gasteiger partial charge in [0.05, 0.1) is 5.69 Å². The number of amides is 2. The van der Waals surface area contributed by atoms with Crippen molar-refractivity contribution in [3.05, 3.63) is 23.5 Å². The monoisotopic (exact) mass is 292 g/mol. The predicted octanol–water partition coefficient (Wildman–Crippen LogP) is -0.534. The van der Waals surface area contributed by atoms with Crippen molar-refractivity contribution in [1.29, 1.82) is 0 Å². The molecule has 2 rings (SSSR count). The molecule has 0 atom stereocenters. The number of nitrogens with zero attached hydrogens (tertiary/aromatic N) is 2. The lowest BCUT2D eigenvalue weighted by atomic mass is 10.1. The molecule has 2 heterocycles. The highest BCUT2D eigenvalue weighted by Crippen LogP contribution is 2.22. The van der Waals surface area contributed by atoms with Crippen molar-refractivity contribution in [2.45, 2.75) is 6.42 Å². The minimum absolute atomic E-state index is 0.0111. The van der Waals surface area contributed by atoms with Gasteiger partial charge in [0.2, 0.25) is 5.91 Å². The van der Waals surface area contributed by atoms with E-state index in [0.717, 1.165) is 0 Å². The van der Waals surface area contributed by atoms with Crippen molar-refractivity contribution in [2.75, 3.05) is 31.6 Å². The van der Waals surface area contributed by atoms with Crippen LogP contribution in [0.15, 0.2) is 12.3 Å². The van der Waals surface area contributed by atoms with Crippen LogP contribution in [0.2, 0.25) is 0 Å². The Balaban J connectivity index is 2.40. The van der Waals surface area contributed by atoms with Crippen molar-refractivity contribution in [2.24, 2.45) is 0 Å². The summed E-state index contributed by atoms with van der Waals surface area (Å²) in [6, 6.07) is 1.44. The topological polar surface area (TPSA) is 112 Å². The van der Waals surface area contributed by atoms with E-state index in [1.165, 1.54) is 19.3 Å². The third-order valence-electron chi connectivity index (χ3n) is 3.23. The van der Waals surface area contributed by atoms with Gasteiger partial charge in [0, 0.05) is 39.3 Å². The van der Waals surface area contributed by atoms with Gasteiger partial charge in [-0.15, -0.1) is 0 Å². The molecule has 21 heavy (non-hydrogen) atoms. The molecule has 0 aromatic carbocycles. The fourth-order valence-corrected chi connectivity index (χ4v) is 2.13. The molecule has 0 radical (unpaired) electrons. The summed E-state index contributed by atoms with van der Waals surface area (Å²) in [7, 11) is 1.48. The Hall–Kier alpha value is -2.64. The number of carboxylic acid groups (broad SMARTS) is 1. The zero-order chi connectivity index (χ0) is 15.4. The quantitative estimate of drug-likeness (QED) is 0.690. The average molecular weight is 292 g/mol. The maximum atomic E-state index is 11.6. The lowest BCUT2D eigenvalue weighted by Crippen LogP contribution is -2.30. The van der Waals surface area contributed by atoms with Crippen LogP contribution in [0, 0.1) is 0 Å². The first-order chi connectivity index (χ1) is 10.0. The second-order valence-corrected chi connectivity index (χ2v) is 4.56. The van der Waals surface area contributed by atoms with Crippen LogP contribution in [0.1, 0.15) is 27.3 Å². The number of hydrogen-bond donors (Lipinski definition) is 3. The predicted molar refractivity (Wildman–Crippen MR) is 74.4 cm³/mol. The van der Waals surface area contributed by atoms with Gasteiger partial charge in [0.25, 0.3) is 5.91 Å². The number of nitrogens with one attached hydrogen (secondary N) is 2. The minimum atomic E-state index is -1.12. The Morgan fingerprint density at radius 3 is 2.86 bits per heavy atom. The number of carbonyl (C=O) groups excluding carboxylic acids is 2. The molecule has 0 aliphatic carbocycles. The highest BCUT2D eigenvalue weighted by molar-refractivity contribution is 5.98. The number of rotatable bonds is 3. The fraction of sp³-hybridized carbons (Fsp3) is 0.385. The standard InChI is InChI=1S/C13H16N4O4/c1-14-12(19)9-6-10(8(7-16-9)13(20)21)17-4-2-11(18)15-3-5-17/h6-7H,2-5H2,1H3,(H,14,19)(H,15,18)(H,20,21). The van der Waals surface area contributed by atoms with Crippen LogP contribution in [0.4, 0.5) is 5.69 Å². The molecule has 1 fully saturated rings. The number of carbonyl (C=O) groups is 3. The van der Waals surface area contributed by atoms with Gasteiger partial charge in [-0.25, -0.2) is 4.79 Å². The van der Waals surface area contributed by atoms with E-state index in [4.69, 9.17) is 0 Å². The molecule has 0 spiro atoms. The zero-order valence-corrected chi connectivity index (χ0v) is 11.5. The van der Waals surface area contributed by atoms with E-state index in [1.807, 2.05) is 0 Å². The molecular formula is C13H16N4O4. The van der Waals surface area contributed by atoms with Crippen LogP contribution < -0.4 is 15.5 Å². The van der Waals surface area contributed by atoms with Crippen molar-refractivity contribution < 1.29 is 19.5 Å². The third-order valence-corrected chi connectivity index (χ3v) is 3.23. The first kappa shape index (κ1) is 14.8. The Morgan fingerprint density at radius 1 is 1.43 bits per heavy atom. The third kappa shape index (κ3) is 3.28. The molecule has 112 valence electrons. The van der Waals surface area contributed by atoms with Crippen molar-refractivity contribution in [1.82, 2.24) is 15.6 Å². The highest BCUT2D eigenvalue weighted by Gasteiger charge is 2.21. The molecule has 1 aromatic rings. The summed E-state index contributed by atoms with van der Waals surface area (Å²) in [6.45, 7) is 1.29. The molecule has 1 aliphatic heterocycles. The number of aromatic nitrogens is 1. The summed E-state index contributed by atoms with van der Waals surface area (Å²) in [5.41, 5.74) is 0.547. The van der Waals surface area contributed by atoms with E-state index in [9.17, 15) is 19.5 Å². The molecule has 8 nitrogen and oxygen atoms in total. The number of aromatic carboxylic acids is 1. The van der Waals surface area contributed by atoms with E-state index < -0.39 is 11.9 Å². The van der Waals surface area contributed by atoms with E-state index in [-0.39, 0.29) is 23.6 Å². The number of anilines is 1. The summed E-state index contributed by atoms with van der Waals surface area (Å²) in [6.07, 6.45) is 1.44. The largest absolute Gasteiger partial charge is 0.478 e. The van der Waals surface area contributed by atoms with Crippen molar-refractivity contribution in [3.63, 3.8) is 0 Å². The summed E-state index contributed by atoms with van der Waals surface area (Å²) in [5.74, 6) is -1.59. The summed E-state index contributed by atoms with van der Waals surface area (Å²) >= 11 is 0. The maximum Gasteiger partial charge on any atom is 0.339 e. The molecule has 0 saturated carbocycles. The molecular weight excluding hydrogens is 276 g/mol. The number of pyridine rings is 1. The second kappa shape index (κ2) is 6.21. The molecule has 8 heteroatoms. The van der Waals surface area contributed by atoms with Crippen LogP contribution in [-0.2, 0) is 4.79 Å². The molecule has 1 aliphatic rings. The molecule has 0 bridgehead atoms. The van der Waals surface area contributed by atoms with Gasteiger partial charge >= 0.3 is 5.97 Å². The second-order valence-electron chi connectivity index (χ2n) is 4.56. The molecule has 0 unspecified atom stereocenters. The average Bonchev–Trinajstić information content (AvgIpc) is 2.70. The zero-order valence-electron chi connectivity index (χ0n) is 11.5. The van der Waals surface area contributed by atoms with E-state index in [2.05, 4.69) is 15.6 Å². The van der Waals surface area contributed by atoms with Gasteiger partial charge in [-0.05, 0) is 6.07 Å². The smallest absolute Gasteiger partial charge is 0.339 e. The van der Waals surface area contributed by atoms with Crippen molar-refractivity contribution >= 4 is 23.5 Å². The molecule has 3 N–H and O–H groups in total. The van der Waals surface area contributed by atoms with Gasteiger partial charge in [-0.2, -0.15) is 0 Å². The van der Waals surface area contributed by atoms with Gasteiger partial charge < -0.3 is 20.6 Å². The van der Waals surface area contributed by atoms with Gasteiger partial charge in [-0.3, -0.25) is 14.6 Å². The van der Waals surface area contributed by atoms with Crippen LogP contribution in [0.5, 0.6) is 0 Å². The lowest BCUT2D eigenvalue weighted by molar-refractivity contribution is -0.120.